The number of amides is 1. The third-order valence-corrected chi connectivity index (χ3v) is 4.59. The molecule has 0 aliphatic carbocycles. The molecule has 0 bridgehead atoms. The Balaban J connectivity index is 1.67. The Kier molecular flexibility index (Phi) is 3.69. The van der Waals surface area contributed by atoms with Gasteiger partial charge in [0.15, 0.2) is 11.3 Å². The fraction of sp³-hybridized carbons (Fsp3) is 0.294. The van der Waals surface area contributed by atoms with Crippen molar-refractivity contribution in [2.75, 3.05) is 13.1 Å². The summed E-state index contributed by atoms with van der Waals surface area (Å²) in [6.07, 6.45) is 3.07. The summed E-state index contributed by atoms with van der Waals surface area (Å²) < 4.78 is 12.1. The zero-order valence-corrected chi connectivity index (χ0v) is 13.5. The number of hydrogen-bond acceptors (Lipinski definition) is 4. The van der Waals surface area contributed by atoms with E-state index >= 15 is 0 Å². The normalized spacial score (nSPS) is 18.2. The molecule has 0 radical (unpaired) electrons. The molecular formula is C17H15ClN2O4. The molecule has 3 heterocycles. The van der Waals surface area contributed by atoms with E-state index in [-0.39, 0.29) is 11.9 Å². The highest BCUT2D eigenvalue weighted by molar-refractivity contribution is 6.31. The van der Waals surface area contributed by atoms with Crippen LogP contribution in [0.5, 0.6) is 0 Å². The van der Waals surface area contributed by atoms with E-state index in [1.807, 2.05) is 0 Å². The van der Waals surface area contributed by atoms with Crippen LogP contribution >= 0.6 is 11.6 Å². The summed E-state index contributed by atoms with van der Waals surface area (Å²) in [5.74, 6) is -0.281. The summed E-state index contributed by atoms with van der Waals surface area (Å²) >= 11 is 6.05. The van der Waals surface area contributed by atoms with Gasteiger partial charge in [-0.1, -0.05) is 11.6 Å². The minimum absolute atomic E-state index is 0.148. The second kappa shape index (κ2) is 5.87. The van der Waals surface area contributed by atoms with Crippen molar-refractivity contribution >= 4 is 28.6 Å². The van der Waals surface area contributed by atoms with Crippen LogP contribution in [0.1, 0.15) is 29.4 Å². The van der Waals surface area contributed by atoms with Crippen LogP contribution in [0.25, 0.3) is 11.1 Å². The van der Waals surface area contributed by atoms with Gasteiger partial charge in [0.1, 0.15) is 0 Å². The maximum atomic E-state index is 12.5. The summed E-state index contributed by atoms with van der Waals surface area (Å²) in [6.45, 7) is 1.07. The zero-order valence-electron chi connectivity index (χ0n) is 12.8. The second-order valence-corrected chi connectivity index (χ2v) is 6.31. The molecule has 1 aromatic carbocycles. The lowest BCUT2D eigenvalue weighted by atomic mass is 10.0. The number of carbonyl (C=O) groups is 1. The molecule has 0 spiro atoms. The van der Waals surface area contributed by atoms with Crippen molar-refractivity contribution in [3.63, 3.8) is 0 Å². The highest BCUT2D eigenvalue weighted by Crippen LogP contribution is 2.27. The Morgan fingerprint density at radius 3 is 2.96 bits per heavy atom. The van der Waals surface area contributed by atoms with Gasteiger partial charge < -0.3 is 13.7 Å². The molecule has 1 aliphatic heterocycles. The predicted octanol–water partition coefficient (Wildman–Crippen LogP) is 3.32. The quantitative estimate of drug-likeness (QED) is 0.713. The number of oxazole rings is 1. The fourth-order valence-electron chi connectivity index (χ4n) is 3.26. The highest BCUT2D eigenvalue weighted by atomic mass is 35.5. The second-order valence-electron chi connectivity index (χ2n) is 5.87. The maximum absolute atomic E-state index is 12.5. The zero-order chi connectivity index (χ0) is 16.7. The molecule has 1 saturated heterocycles. The average Bonchev–Trinajstić information content (AvgIpc) is 3.21. The molecule has 0 N–H and O–H groups in total. The minimum Gasteiger partial charge on any atom is -0.459 e. The van der Waals surface area contributed by atoms with Crippen molar-refractivity contribution in [1.29, 1.82) is 0 Å². The number of furan rings is 1. The molecule has 0 saturated carbocycles. The summed E-state index contributed by atoms with van der Waals surface area (Å²) in [4.78, 5) is 26.5. The molecule has 1 atom stereocenters. The number of benzene rings is 1. The number of piperidine rings is 1. The van der Waals surface area contributed by atoms with E-state index in [1.165, 1.54) is 6.26 Å². The molecular weight excluding hydrogens is 332 g/mol. The van der Waals surface area contributed by atoms with Crippen molar-refractivity contribution < 1.29 is 13.6 Å². The highest BCUT2D eigenvalue weighted by Gasteiger charge is 2.29. The van der Waals surface area contributed by atoms with E-state index in [9.17, 15) is 9.59 Å². The first-order valence-corrected chi connectivity index (χ1v) is 8.14. The Hall–Kier alpha value is -2.47. The SMILES string of the molecule is O=C(c1ccco1)N1CCC[C@@H](n2c(=O)oc3ccc(Cl)cc32)C1. The standard InChI is InChI=1S/C17H15ClN2O4/c18-11-5-6-14-13(9-11)20(17(22)24-14)12-3-1-7-19(10-12)16(21)15-4-2-8-23-15/h2,4-6,8-9,12H,1,3,7,10H2/t12-/m1/s1. The van der Waals surface area contributed by atoms with Gasteiger partial charge in [0.25, 0.3) is 5.91 Å². The first-order valence-electron chi connectivity index (χ1n) is 7.77. The first kappa shape index (κ1) is 15.1. The largest absolute Gasteiger partial charge is 0.459 e. The smallest absolute Gasteiger partial charge is 0.420 e. The van der Waals surface area contributed by atoms with E-state index < -0.39 is 5.76 Å². The number of nitrogens with zero attached hydrogens (tertiary/aromatic N) is 2. The van der Waals surface area contributed by atoms with Crippen molar-refractivity contribution in [2.45, 2.75) is 18.9 Å². The van der Waals surface area contributed by atoms with E-state index in [1.54, 1.807) is 39.8 Å². The Morgan fingerprint density at radius 1 is 1.29 bits per heavy atom. The number of aromatic nitrogens is 1. The topological polar surface area (TPSA) is 68.6 Å². The van der Waals surface area contributed by atoms with Crippen LogP contribution in [0.15, 0.2) is 50.2 Å². The van der Waals surface area contributed by atoms with Gasteiger partial charge in [0.2, 0.25) is 0 Å². The van der Waals surface area contributed by atoms with Gasteiger partial charge in [-0.3, -0.25) is 9.36 Å². The Bertz CT molecular complexity index is 941. The van der Waals surface area contributed by atoms with Gasteiger partial charge in [0, 0.05) is 18.1 Å². The molecule has 1 amide bonds. The molecule has 0 unspecified atom stereocenters. The van der Waals surface area contributed by atoms with Gasteiger partial charge >= 0.3 is 5.76 Å². The minimum atomic E-state index is -0.426. The fourth-order valence-corrected chi connectivity index (χ4v) is 3.42. The number of halogens is 1. The van der Waals surface area contributed by atoms with Gasteiger partial charge in [-0.25, -0.2) is 4.79 Å². The molecule has 1 aliphatic rings. The van der Waals surface area contributed by atoms with Gasteiger partial charge in [0.05, 0.1) is 17.8 Å². The van der Waals surface area contributed by atoms with Crippen LogP contribution < -0.4 is 5.76 Å². The predicted molar refractivity (Wildman–Crippen MR) is 88.4 cm³/mol. The number of rotatable bonds is 2. The number of hydrogen-bond donors (Lipinski definition) is 0. The summed E-state index contributed by atoms with van der Waals surface area (Å²) in [7, 11) is 0. The molecule has 6 nitrogen and oxygen atoms in total. The van der Waals surface area contributed by atoms with Crippen LogP contribution in [-0.2, 0) is 0 Å². The van der Waals surface area contributed by atoms with Crippen LogP contribution in [0.3, 0.4) is 0 Å². The third kappa shape index (κ3) is 2.53. The number of likely N-dealkylation sites (tertiary alicyclic amines) is 1. The maximum Gasteiger partial charge on any atom is 0.420 e. The van der Waals surface area contributed by atoms with Crippen LogP contribution in [-0.4, -0.2) is 28.5 Å². The lowest BCUT2D eigenvalue weighted by Gasteiger charge is -2.32. The lowest BCUT2D eigenvalue weighted by Crippen LogP contribution is -2.42. The van der Waals surface area contributed by atoms with Crippen LogP contribution in [0, 0.1) is 0 Å². The van der Waals surface area contributed by atoms with Gasteiger partial charge in [-0.15, -0.1) is 0 Å². The van der Waals surface area contributed by atoms with Crippen LogP contribution in [0.2, 0.25) is 5.02 Å². The first-order chi connectivity index (χ1) is 11.6. The number of fused-ring (bicyclic) bond motifs is 1. The van der Waals surface area contributed by atoms with Crippen molar-refractivity contribution in [3.05, 3.63) is 57.9 Å². The Morgan fingerprint density at radius 2 is 2.17 bits per heavy atom. The lowest BCUT2D eigenvalue weighted by molar-refractivity contribution is 0.0645. The molecule has 4 rings (SSSR count). The van der Waals surface area contributed by atoms with E-state index in [0.717, 1.165) is 12.8 Å². The molecule has 124 valence electrons. The average molecular weight is 347 g/mol. The Labute approximate surface area is 142 Å². The molecule has 3 aromatic rings. The van der Waals surface area contributed by atoms with Crippen LogP contribution in [0.4, 0.5) is 0 Å². The van der Waals surface area contributed by atoms with Gasteiger partial charge in [-0.05, 0) is 43.2 Å². The number of carbonyl (C=O) groups excluding carboxylic acids is 1. The summed E-state index contributed by atoms with van der Waals surface area (Å²) in [6, 6.07) is 8.27. The molecule has 7 heteroatoms. The third-order valence-electron chi connectivity index (χ3n) is 4.36. The summed E-state index contributed by atoms with van der Waals surface area (Å²) in [5.41, 5.74) is 1.16. The van der Waals surface area contributed by atoms with Crippen molar-refractivity contribution in [3.8, 4) is 0 Å². The molecule has 1 fully saturated rings. The molecule has 24 heavy (non-hydrogen) atoms. The summed E-state index contributed by atoms with van der Waals surface area (Å²) in [5, 5.41) is 0.538. The molecule has 2 aromatic heterocycles. The van der Waals surface area contributed by atoms with Crippen molar-refractivity contribution in [2.24, 2.45) is 0 Å². The van der Waals surface area contributed by atoms with Gasteiger partial charge in [-0.2, -0.15) is 0 Å². The monoisotopic (exact) mass is 346 g/mol. The van der Waals surface area contributed by atoms with Crippen molar-refractivity contribution in [1.82, 2.24) is 9.47 Å². The van der Waals surface area contributed by atoms with E-state index in [4.69, 9.17) is 20.4 Å². The van der Waals surface area contributed by atoms with E-state index in [0.29, 0.717) is 35.0 Å². The van der Waals surface area contributed by atoms with E-state index in [2.05, 4.69) is 0 Å².